The van der Waals surface area contributed by atoms with Crippen LogP contribution in [0.1, 0.15) is 39.2 Å². The summed E-state index contributed by atoms with van der Waals surface area (Å²) >= 11 is 0. The first-order valence-corrected chi connectivity index (χ1v) is 6.49. The van der Waals surface area contributed by atoms with Crippen LogP contribution in [0.3, 0.4) is 0 Å². The molecule has 1 aromatic carbocycles. The molecule has 0 radical (unpaired) electrons. The van der Waals surface area contributed by atoms with E-state index < -0.39 is 0 Å². The van der Waals surface area contributed by atoms with Crippen LogP contribution in [0.25, 0.3) is 0 Å². The average molecular weight is 235 g/mol. The van der Waals surface area contributed by atoms with Gasteiger partial charge in [-0.15, -0.1) is 0 Å². The standard InChI is InChI=1S/C15H25NO/c1-4-13-7-5-8-14(11-13)17-10-6-9-15(2,3)12-16/h5,7-8,11H,4,6,9-10,12,16H2,1-3H3. The number of aryl methyl sites for hydroxylation is 1. The lowest BCUT2D eigenvalue weighted by atomic mass is 9.88. The molecule has 0 saturated carbocycles. The normalized spacial score (nSPS) is 11.5. The van der Waals surface area contributed by atoms with E-state index >= 15 is 0 Å². The monoisotopic (exact) mass is 235 g/mol. The zero-order valence-corrected chi connectivity index (χ0v) is 11.3. The number of nitrogens with two attached hydrogens (primary N) is 1. The summed E-state index contributed by atoms with van der Waals surface area (Å²) in [5, 5.41) is 0. The second-order valence-corrected chi connectivity index (χ2v) is 5.32. The zero-order valence-electron chi connectivity index (χ0n) is 11.3. The Labute approximate surface area is 105 Å². The molecule has 0 aliphatic carbocycles. The highest BCUT2D eigenvalue weighted by atomic mass is 16.5. The summed E-state index contributed by atoms with van der Waals surface area (Å²) in [5.74, 6) is 0.981. The number of rotatable bonds is 7. The lowest BCUT2D eigenvalue weighted by Crippen LogP contribution is -2.23. The van der Waals surface area contributed by atoms with E-state index in [1.165, 1.54) is 5.56 Å². The maximum Gasteiger partial charge on any atom is 0.119 e. The van der Waals surface area contributed by atoms with Gasteiger partial charge >= 0.3 is 0 Å². The third kappa shape index (κ3) is 5.22. The first-order chi connectivity index (χ1) is 8.07. The summed E-state index contributed by atoms with van der Waals surface area (Å²) in [6.45, 7) is 8.06. The minimum absolute atomic E-state index is 0.231. The maximum atomic E-state index is 5.75. The van der Waals surface area contributed by atoms with Gasteiger partial charge in [0.15, 0.2) is 0 Å². The van der Waals surface area contributed by atoms with Gasteiger partial charge in [-0.1, -0.05) is 32.9 Å². The van der Waals surface area contributed by atoms with Gasteiger partial charge in [0.05, 0.1) is 6.61 Å². The minimum Gasteiger partial charge on any atom is -0.494 e. The van der Waals surface area contributed by atoms with Crippen LogP contribution in [0.4, 0.5) is 0 Å². The van der Waals surface area contributed by atoms with Crippen molar-refractivity contribution in [2.75, 3.05) is 13.2 Å². The van der Waals surface area contributed by atoms with Crippen LogP contribution in [0.15, 0.2) is 24.3 Å². The molecule has 0 aliphatic rings. The Hall–Kier alpha value is -1.02. The molecule has 2 nitrogen and oxygen atoms in total. The summed E-state index contributed by atoms with van der Waals surface area (Å²) in [4.78, 5) is 0. The molecule has 0 bridgehead atoms. The fourth-order valence-electron chi connectivity index (χ4n) is 1.70. The Balaban J connectivity index is 2.31. The average Bonchev–Trinajstić information content (AvgIpc) is 2.35. The van der Waals surface area contributed by atoms with E-state index in [0.717, 1.165) is 38.2 Å². The maximum absolute atomic E-state index is 5.75. The van der Waals surface area contributed by atoms with Crippen molar-refractivity contribution in [1.29, 1.82) is 0 Å². The molecular weight excluding hydrogens is 210 g/mol. The van der Waals surface area contributed by atoms with Gasteiger partial charge in [0.1, 0.15) is 5.75 Å². The van der Waals surface area contributed by atoms with Gasteiger partial charge in [-0.25, -0.2) is 0 Å². The molecule has 0 atom stereocenters. The second kappa shape index (κ2) is 6.65. The molecule has 0 aliphatic heterocycles. The van der Waals surface area contributed by atoms with Crippen LogP contribution in [0.5, 0.6) is 5.75 Å². The summed E-state index contributed by atoms with van der Waals surface area (Å²) in [5.41, 5.74) is 7.25. The van der Waals surface area contributed by atoms with E-state index in [4.69, 9.17) is 10.5 Å². The van der Waals surface area contributed by atoms with Gasteiger partial charge in [-0.05, 0) is 48.9 Å². The van der Waals surface area contributed by atoms with Crippen molar-refractivity contribution >= 4 is 0 Å². The van der Waals surface area contributed by atoms with Crippen LogP contribution in [0, 0.1) is 5.41 Å². The minimum atomic E-state index is 0.231. The van der Waals surface area contributed by atoms with Gasteiger partial charge in [0.2, 0.25) is 0 Å². The lowest BCUT2D eigenvalue weighted by Gasteiger charge is -2.21. The van der Waals surface area contributed by atoms with Crippen LogP contribution >= 0.6 is 0 Å². The molecule has 0 spiro atoms. The second-order valence-electron chi connectivity index (χ2n) is 5.32. The van der Waals surface area contributed by atoms with E-state index in [9.17, 15) is 0 Å². The van der Waals surface area contributed by atoms with E-state index in [0.29, 0.717) is 0 Å². The van der Waals surface area contributed by atoms with Crippen molar-refractivity contribution in [3.8, 4) is 5.75 Å². The Morgan fingerprint density at radius 1 is 1.29 bits per heavy atom. The van der Waals surface area contributed by atoms with Gasteiger partial charge < -0.3 is 10.5 Å². The van der Waals surface area contributed by atoms with Gasteiger partial charge in [0, 0.05) is 0 Å². The van der Waals surface area contributed by atoms with Crippen LogP contribution < -0.4 is 10.5 Å². The number of ether oxygens (including phenoxy) is 1. The molecule has 0 fully saturated rings. The predicted molar refractivity (Wildman–Crippen MR) is 73.4 cm³/mol. The van der Waals surface area contributed by atoms with E-state index in [1.807, 2.05) is 6.07 Å². The van der Waals surface area contributed by atoms with Crippen LogP contribution in [-0.4, -0.2) is 13.2 Å². The SMILES string of the molecule is CCc1cccc(OCCCC(C)(C)CN)c1. The van der Waals surface area contributed by atoms with E-state index in [2.05, 4.69) is 39.0 Å². The van der Waals surface area contributed by atoms with Crippen LogP contribution in [0.2, 0.25) is 0 Å². The van der Waals surface area contributed by atoms with Crippen molar-refractivity contribution < 1.29 is 4.74 Å². The Morgan fingerprint density at radius 2 is 2.06 bits per heavy atom. The molecule has 0 amide bonds. The molecular formula is C15H25NO. The molecule has 0 saturated heterocycles. The molecule has 1 aromatic rings. The van der Waals surface area contributed by atoms with Gasteiger partial charge in [0.25, 0.3) is 0 Å². The van der Waals surface area contributed by atoms with Gasteiger partial charge in [-0.3, -0.25) is 0 Å². The van der Waals surface area contributed by atoms with Crippen molar-refractivity contribution in [1.82, 2.24) is 0 Å². The van der Waals surface area contributed by atoms with Crippen LogP contribution in [-0.2, 0) is 6.42 Å². The topological polar surface area (TPSA) is 35.2 Å². The quantitative estimate of drug-likeness (QED) is 0.735. The first kappa shape index (κ1) is 14.0. The molecule has 17 heavy (non-hydrogen) atoms. The lowest BCUT2D eigenvalue weighted by molar-refractivity contribution is 0.261. The third-order valence-electron chi connectivity index (χ3n) is 3.13. The van der Waals surface area contributed by atoms with Gasteiger partial charge in [-0.2, -0.15) is 0 Å². The smallest absolute Gasteiger partial charge is 0.119 e. The van der Waals surface area contributed by atoms with E-state index in [1.54, 1.807) is 0 Å². The fraction of sp³-hybridized carbons (Fsp3) is 0.600. The zero-order chi connectivity index (χ0) is 12.7. The molecule has 0 unspecified atom stereocenters. The highest BCUT2D eigenvalue weighted by molar-refractivity contribution is 5.28. The third-order valence-corrected chi connectivity index (χ3v) is 3.13. The predicted octanol–water partition coefficient (Wildman–Crippen LogP) is 3.39. The summed E-state index contributed by atoms with van der Waals surface area (Å²) in [6, 6.07) is 8.32. The summed E-state index contributed by atoms with van der Waals surface area (Å²) < 4.78 is 5.75. The van der Waals surface area contributed by atoms with E-state index in [-0.39, 0.29) is 5.41 Å². The molecule has 1 rings (SSSR count). The molecule has 2 heteroatoms. The Kier molecular flexibility index (Phi) is 5.49. The van der Waals surface area contributed by atoms with Crippen molar-refractivity contribution in [3.05, 3.63) is 29.8 Å². The van der Waals surface area contributed by atoms with Crippen molar-refractivity contribution in [3.63, 3.8) is 0 Å². The highest BCUT2D eigenvalue weighted by Gasteiger charge is 2.14. The number of benzene rings is 1. The van der Waals surface area contributed by atoms with Crippen molar-refractivity contribution in [2.24, 2.45) is 11.1 Å². The summed E-state index contributed by atoms with van der Waals surface area (Å²) in [6.07, 6.45) is 3.22. The highest BCUT2D eigenvalue weighted by Crippen LogP contribution is 2.21. The molecule has 0 heterocycles. The number of hydrogen-bond acceptors (Lipinski definition) is 2. The largest absolute Gasteiger partial charge is 0.494 e. The number of hydrogen-bond donors (Lipinski definition) is 1. The summed E-state index contributed by atoms with van der Waals surface area (Å²) in [7, 11) is 0. The first-order valence-electron chi connectivity index (χ1n) is 6.49. The van der Waals surface area contributed by atoms with Crippen molar-refractivity contribution in [2.45, 2.75) is 40.0 Å². The Bertz CT molecular complexity index is 333. The fourth-order valence-corrected chi connectivity index (χ4v) is 1.70. The molecule has 0 aromatic heterocycles. The molecule has 96 valence electrons. The molecule has 2 N–H and O–H groups in total. The Morgan fingerprint density at radius 3 is 2.71 bits per heavy atom.